The van der Waals surface area contributed by atoms with Gasteiger partial charge in [0.1, 0.15) is 11.6 Å². The van der Waals surface area contributed by atoms with Gasteiger partial charge in [-0.15, -0.1) is 0 Å². The zero-order chi connectivity index (χ0) is 13.1. The van der Waals surface area contributed by atoms with Crippen molar-refractivity contribution in [3.63, 3.8) is 0 Å². The van der Waals surface area contributed by atoms with E-state index in [1.165, 1.54) is 6.07 Å². The molecule has 3 nitrogen and oxygen atoms in total. The van der Waals surface area contributed by atoms with E-state index in [1.54, 1.807) is 12.3 Å². The van der Waals surface area contributed by atoms with Gasteiger partial charge in [-0.25, -0.2) is 9.37 Å². The van der Waals surface area contributed by atoms with Gasteiger partial charge in [0.25, 0.3) is 0 Å². The lowest BCUT2D eigenvalue weighted by molar-refractivity contribution is 0.620. The number of anilines is 1. The minimum atomic E-state index is -0.234. The van der Waals surface area contributed by atoms with Crippen LogP contribution in [0.3, 0.4) is 0 Å². The molecule has 18 heavy (non-hydrogen) atoms. The molecule has 0 spiro atoms. The summed E-state index contributed by atoms with van der Waals surface area (Å²) in [6.45, 7) is 2.66. The van der Waals surface area contributed by atoms with Crippen LogP contribution in [0, 0.1) is 12.7 Å². The van der Waals surface area contributed by atoms with Crippen molar-refractivity contribution in [2.75, 3.05) is 11.9 Å². The molecule has 0 fully saturated rings. The van der Waals surface area contributed by atoms with Crippen molar-refractivity contribution >= 4 is 21.6 Å². The number of imidazole rings is 1. The number of halogens is 2. The molecule has 1 aromatic carbocycles. The molecule has 2 rings (SSSR count). The largest absolute Gasteiger partial charge is 0.384 e. The van der Waals surface area contributed by atoms with E-state index in [0.29, 0.717) is 4.47 Å². The van der Waals surface area contributed by atoms with Crippen molar-refractivity contribution in [1.82, 2.24) is 9.55 Å². The molecule has 0 unspecified atom stereocenters. The smallest absolute Gasteiger partial charge is 0.137 e. The molecule has 0 radical (unpaired) electrons. The Morgan fingerprint density at radius 1 is 1.44 bits per heavy atom. The Morgan fingerprint density at radius 3 is 2.89 bits per heavy atom. The topological polar surface area (TPSA) is 29.9 Å². The summed E-state index contributed by atoms with van der Waals surface area (Å²) in [5.74, 6) is 0.795. The summed E-state index contributed by atoms with van der Waals surface area (Å²) in [4.78, 5) is 4.25. The lowest BCUT2D eigenvalue weighted by Crippen LogP contribution is -2.09. The fourth-order valence-corrected chi connectivity index (χ4v) is 2.13. The Labute approximate surface area is 114 Å². The predicted molar refractivity (Wildman–Crippen MR) is 74.2 cm³/mol. The van der Waals surface area contributed by atoms with Gasteiger partial charge in [-0.3, -0.25) is 0 Å². The molecule has 5 heteroatoms. The van der Waals surface area contributed by atoms with Crippen molar-refractivity contribution in [3.05, 3.63) is 46.2 Å². The molecule has 0 amide bonds. The number of nitrogens with zero attached hydrogens (tertiary/aromatic N) is 2. The van der Waals surface area contributed by atoms with E-state index in [1.807, 2.05) is 24.7 Å². The summed E-state index contributed by atoms with van der Waals surface area (Å²) in [5, 5.41) is 3.30. The van der Waals surface area contributed by atoms with E-state index >= 15 is 0 Å². The second-order valence-electron chi connectivity index (χ2n) is 4.21. The minimum absolute atomic E-state index is 0.234. The van der Waals surface area contributed by atoms with E-state index in [0.717, 1.165) is 30.0 Å². The fourth-order valence-electron chi connectivity index (χ4n) is 1.78. The van der Waals surface area contributed by atoms with Crippen molar-refractivity contribution < 1.29 is 4.39 Å². The molecule has 1 N–H and O–H groups in total. The van der Waals surface area contributed by atoms with Gasteiger partial charge in [-0.1, -0.05) is 0 Å². The van der Waals surface area contributed by atoms with Gasteiger partial charge < -0.3 is 9.88 Å². The Balaban J connectivity index is 1.99. The lowest BCUT2D eigenvalue weighted by atomic mass is 10.2. The van der Waals surface area contributed by atoms with E-state index in [4.69, 9.17) is 0 Å². The average Bonchev–Trinajstić information content (AvgIpc) is 2.72. The number of aromatic nitrogens is 2. The van der Waals surface area contributed by atoms with E-state index < -0.39 is 0 Å². The van der Waals surface area contributed by atoms with Crippen LogP contribution in [-0.4, -0.2) is 16.1 Å². The SMILES string of the molecule is Cc1cc(F)c(Br)cc1NCCc1nccn1C. The number of hydrogen-bond donors (Lipinski definition) is 1. The van der Waals surface area contributed by atoms with E-state index in [9.17, 15) is 4.39 Å². The van der Waals surface area contributed by atoms with Gasteiger partial charge in [-0.2, -0.15) is 0 Å². The van der Waals surface area contributed by atoms with Crippen molar-refractivity contribution in [2.24, 2.45) is 7.05 Å². The molecule has 1 aromatic heterocycles. The molecule has 0 aliphatic carbocycles. The maximum atomic E-state index is 13.3. The fraction of sp³-hybridized carbons (Fsp3) is 0.308. The second kappa shape index (κ2) is 5.52. The highest BCUT2D eigenvalue weighted by atomic mass is 79.9. The van der Waals surface area contributed by atoms with Crippen LogP contribution in [-0.2, 0) is 13.5 Å². The minimum Gasteiger partial charge on any atom is -0.384 e. The second-order valence-corrected chi connectivity index (χ2v) is 5.07. The van der Waals surface area contributed by atoms with Crippen LogP contribution in [0.25, 0.3) is 0 Å². The average molecular weight is 312 g/mol. The summed E-state index contributed by atoms with van der Waals surface area (Å²) in [5.41, 5.74) is 1.84. The summed E-state index contributed by atoms with van der Waals surface area (Å²) >= 11 is 3.19. The van der Waals surface area contributed by atoms with Crippen LogP contribution in [0.4, 0.5) is 10.1 Å². The zero-order valence-electron chi connectivity index (χ0n) is 10.4. The number of rotatable bonds is 4. The summed E-state index contributed by atoms with van der Waals surface area (Å²) in [6.07, 6.45) is 4.54. The number of hydrogen-bond acceptors (Lipinski definition) is 2. The van der Waals surface area contributed by atoms with Crippen molar-refractivity contribution in [1.29, 1.82) is 0 Å². The standard InChI is InChI=1S/C13H15BrFN3/c1-9-7-11(15)10(14)8-12(9)16-4-3-13-17-5-6-18(13)2/h5-8,16H,3-4H2,1-2H3. The van der Waals surface area contributed by atoms with Crippen LogP contribution >= 0.6 is 15.9 Å². The summed E-state index contributed by atoms with van der Waals surface area (Å²) in [7, 11) is 1.97. The van der Waals surface area contributed by atoms with Crippen LogP contribution in [0.1, 0.15) is 11.4 Å². The molecule has 0 saturated heterocycles. The molecule has 0 bridgehead atoms. The van der Waals surface area contributed by atoms with Crippen LogP contribution in [0.5, 0.6) is 0 Å². The Bertz CT molecular complexity index is 551. The molecule has 96 valence electrons. The predicted octanol–water partition coefficient (Wildman–Crippen LogP) is 3.28. The Kier molecular flexibility index (Phi) is 4.01. The first-order valence-electron chi connectivity index (χ1n) is 5.73. The zero-order valence-corrected chi connectivity index (χ0v) is 12.0. The van der Waals surface area contributed by atoms with Crippen molar-refractivity contribution in [2.45, 2.75) is 13.3 Å². The molecule has 2 aromatic rings. The molecule has 1 heterocycles. The molecule has 0 aliphatic heterocycles. The highest BCUT2D eigenvalue weighted by molar-refractivity contribution is 9.10. The first-order chi connectivity index (χ1) is 8.58. The lowest BCUT2D eigenvalue weighted by Gasteiger charge is -2.10. The van der Waals surface area contributed by atoms with Gasteiger partial charge >= 0.3 is 0 Å². The van der Waals surface area contributed by atoms with Crippen LogP contribution < -0.4 is 5.32 Å². The maximum Gasteiger partial charge on any atom is 0.137 e. The monoisotopic (exact) mass is 311 g/mol. The van der Waals surface area contributed by atoms with Gasteiger partial charge in [0.05, 0.1) is 4.47 Å². The van der Waals surface area contributed by atoms with Gasteiger partial charge in [0.15, 0.2) is 0 Å². The van der Waals surface area contributed by atoms with E-state index in [2.05, 4.69) is 26.2 Å². The molecular formula is C13H15BrFN3. The maximum absolute atomic E-state index is 13.3. The highest BCUT2D eigenvalue weighted by Crippen LogP contribution is 2.24. The summed E-state index contributed by atoms with van der Waals surface area (Å²) < 4.78 is 15.7. The Hall–Kier alpha value is -1.36. The molecule has 0 saturated carbocycles. The van der Waals surface area contributed by atoms with E-state index in [-0.39, 0.29) is 5.82 Å². The molecule has 0 aliphatic rings. The third-order valence-corrected chi connectivity index (χ3v) is 3.46. The molecule has 0 atom stereocenters. The van der Waals surface area contributed by atoms with Gasteiger partial charge in [0, 0.05) is 38.1 Å². The first kappa shape index (κ1) is 13.1. The Morgan fingerprint density at radius 2 is 2.22 bits per heavy atom. The number of benzene rings is 1. The van der Waals surface area contributed by atoms with Gasteiger partial charge in [-0.05, 0) is 40.5 Å². The summed E-state index contributed by atoms with van der Waals surface area (Å²) in [6, 6.07) is 3.29. The molecular weight excluding hydrogens is 297 g/mol. The van der Waals surface area contributed by atoms with Crippen LogP contribution in [0.15, 0.2) is 29.0 Å². The first-order valence-corrected chi connectivity index (χ1v) is 6.53. The number of nitrogens with one attached hydrogen (secondary N) is 1. The van der Waals surface area contributed by atoms with Crippen LogP contribution in [0.2, 0.25) is 0 Å². The third kappa shape index (κ3) is 2.90. The van der Waals surface area contributed by atoms with Crippen molar-refractivity contribution in [3.8, 4) is 0 Å². The number of aryl methyl sites for hydroxylation is 2. The normalized spacial score (nSPS) is 10.7. The highest BCUT2D eigenvalue weighted by Gasteiger charge is 2.05. The third-order valence-electron chi connectivity index (χ3n) is 2.85. The quantitative estimate of drug-likeness (QED) is 0.939. The van der Waals surface area contributed by atoms with Gasteiger partial charge in [0.2, 0.25) is 0 Å².